The Labute approximate surface area is 121 Å². The molecule has 0 radical (unpaired) electrons. The van der Waals surface area contributed by atoms with Crippen LogP contribution in [0.3, 0.4) is 0 Å². The molecule has 1 heterocycles. The van der Waals surface area contributed by atoms with Crippen molar-refractivity contribution in [3.63, 3.8) is 0 Å². The number of benzene rings is 1. The lowest BCUT2D eigenvalue weighted by Crippen LogP contribution is -2.10. The Hall–Kier alpha value is -1.42. The van der Waals surface area contributed by atoms with E-state index in [1.807, 2.05) is 37.4 Å². The van der Waals surface area contributed by atoms with E-state index in [0.29, 0.717) is 12.8 Å². The van der Waals surface area contributed by atoms with Crippen molar-refractivity contribution < 1.29 is 4.79 Å². The van der Waals surface area contributed by atoms with Gasteiger partial charge in [0.2, 0.25) is 0 Å². The Morgan fingerprint density at radius 2 is 1.95 bits per heavy atom. The molecule has 2 rings (SSSR count). The van der Waals surface area contributed by atoms with Crippen LogP contribution in [0.1, 0.15) is 23.9 Å². The summed E-state index contributed by atoms with van der Waals surface area (Å²) in [6.45, 7) is 2.07. The van der Waals surface area contributed by atoms with E-state index >= 15 is 0 Å². The van der Waals surface area contributed by atoms with Gasteiger partial charge in [-0.2, -0.15) is 5.10 Å². The number of hydrogen-bond donors (Lipinski definition) is 0. The van der Waals surface area contributed by atoms with E-state index in [4.69, 9.17) is 0 Å². The Morgan fingerprint density at radius 1 is 1.26 bits per heavy atom. The van der Waals surface area contributed by atoms with Gasteiger partial charge >= 0.3 is 0 Å². The average Bonchev–Trinajstić information content (AvgIpc) is 2.73. The van der Waals surface area contributed by atoms with Crippen LogP contribution in [-0.4, -0.2) is 15.6 Å². The maximum absolute atomic E-state index is 12.1. The molecule has 0 bridgehead atoms. The number of carbonyl (C=O) groups is 1. The van der Waals surface area contributed by atoms with Gasteiger partial charge in [-0.15, -0.1) is 0 Å². The molecule has 0 aliphatic rings. The number of halogens is 1. The molecule has 1 aromatic carbocycles. The fourth-order valence-electron chi connectivity index (χ4n) is 2.00. The molecule has 1 aromatic heterocycles. The van der Waals surface area contributed by atoms with Crippen LogP contribution in [0.25, 0.3) is 0 Å². The van der Waals surface area contributed by atoms with Crippen LogP contribution in [0, 0.1) is 0 Å². The monoisotopic (exact) mass is 320 g/mol. The summed E-state index contributed by atoms with van der Waals surface area (Å²) in [4.78, 5) is 12.1. The number of aromatic nitrogens is 2. The van der Waals surface area contributed by atoms with Crippen molar-refractivity contribution in [3.8, 4) is 0 Å². The predicted octanol–water partition coefficient (Wildman–Crippen LogP) is 3.10. The van der Waals surface area contributed by atoms with Crippen molar-refractivity contribution in [2.24, 2.45) is 7.05 Å². The van der Waals surface area contributed by atoms with E-state index in [1.54, 1.807) is 4.68 Å². The SMILES string of the molecule is CCc1cc(CC(=O)Cc2ccc(Br)cc2)n(C)n1. The number of rotatable bonds is 5. The molecule has 0 aliphatic heterocycles. The van der Waals surface area contributed by atoms with Crippen LogP contribution >= 0.6 is 15.9 Å². The zero-order valence-electron chi connectivity index (χ0n) is 11.2. The van der Waals surface area contributed by atoms with Gasteiger partial charge in [0, 0.05) is 30.1 Å². The summed E-state index contributed by atoms with van der Waals surface area (Å²) in [7, 11) is 1.89. The maximum Gasteiger partial charge on any atom is 0.143 e. The molecular weight excluding hydrogens is 304 g/mol. The van der Waals surface area contributed by atoms with Crippen molar-refractivity contribution in [1.29, 1.82) is 0 Å². The third kappa shape index (κ3) is 3.77. The Balaban J connectivity index is 2.00. The quantitative estimate of drug-likeness (QED) is 0.848. The molecule has 0 aliphatic carbocycles. The largest absolute Gasteiger partial charge is 0.299 e. The van der Waals surface area contributed by atoms with Crippen LogP contribution in [-0.2, 0) is 31.1 Å². The number of hydrogen-bond acceptors (Lipinski definition) is 2. The smallest absolute Gasteiger partial charge is 0.143 e. The summed E-state index contributed by atoms with van der Waals surface area (Å²) >= 11 is 3.39. The van der Waals surface area contributed by atoms with Crippen LogP contribution in [0.4, 0.5) is 0 Å². The first kappa shape index (κ1) is 14.0. The van der Waals surface area contributed by atoms with Gasteiger partial charge in [0.15, 0.2) is 0 Å². The highest BCUT2D eigenvalue weighted by Gasteiger charge is 2.10. The molecule has 0 unspecified atom stereocenters. The van der Waals surface area contributed by atoms with Gasteiger partial charge in [0.25, 0.3) is 0 Å². The minimum absolute atomic E-state index is 0.216. The summed E-state index contributed by atoms with van der Waals surface area (Å²) in [6, 6.07) is 9.88. The molecule has 2 aromatic rings. The fourth-order valence-corrected chi connectivity index (χ4v) is 2.27. The Bertz CT molecular complexity index is 572. The summed E-state index contributed by atoms with van der Waals surface area (Å²) in [6.07, 6.45) is 1.81. The van der Waals surface area contributed by atoms with Crippen molar-refractivity contribution in [3.05, 3.63) is 51.8 Å². The molecule has 19 heavy (non-hydrogen) atoms. The topological polar surface area (TPSA) is 34.9 Å². The van der Waals surface area contributed by atoms with Gasteiger partial charge in [-0.25, -0.2) is 0 Å². The number of Topliss-reactive ketones (excluding diaryl/α,β-unsaturated/α-hetero) is 1. The third-order valence-electron chi connectivity index (χ3n) is 3.08. The molecule has 3 nitrogen and oxygen atoms in total. The molecule has 0 saturated carbocycles. The summed E-state index contributed by atoms with van der Waals surface area (Å²) < 4.78 is 2.83. The minimum Gasteiger partial charge on any atom is -0.299 e. The first-order valence-corrected chi connectivity index (χ1v) is 7.15. The number of ketones is 1. The normalized spacial score (nSPS) is 10.7. The van der Waals surface area contributed by atoms with Crippen molar-refractivity contribution >= 4 is 21.7 Å². The molecular formula is C15H17BrN2O. The first-order chi connectivity index (χ1) is 9.08. The van der Waals surface area contributed by atoms with Gasteiger partial charge in [-0.1, -0.05) is 35.0 Å². The summed E-state index contributed by atoms with van der Waals surface area (Å²) in [5.74, 6) is 0.216. The fraction of sp³-hybridized carbons (Fsp3) is 0.333. The molecule has 4 heteroatoms. The van der Waals surface area contributed by atoms with E-state index in [-0.39, 0.29) is 5.78 Å². The summed E-state index contributed by atoms with van der Waals surface area (Å²) in [5.41, 5.74) is 3.07. The Kier molecular flexibility index (Phi) is 4.53. The van der Waals surface area contributed by atoms with Crippen LogP contribution in [0.15, 0.2) is 34.8 Å². The number of nitrogens with zero attached hydrogens (tertiary/aromatic N) is 2. The van der Waals surface area contributed by atoms with Crippen LogP contribution in [0.2, 0.25) is 0 Å². The second-order valence-corrected chi connectivity index (χ2v) is 5.54. The number of carbonyl (C=O) groups excluding carboxylic acids is 1. The van der Waals surface area contributed by atoms with Crippen molar-refractivity contribution in [2.75, 3.05) is 0 Å². The number of aryl methyl sites for hydroxylation is 2. The molecule has 0 amide bonds. The van der Waals surface area contributed by atoms with Gasteiger partial charge in [-0.3, -0.25) is 9.48 Å². The van der Waals surface area contributed by atoms with E-state index in [2.05, 4.69) is 28.0 Å². The lowest BCUT2D eigenvalue weighted by Gasteiger charge is -2.02. The molecule has 0 spiro atoms. The molecule has 0 saturated heterocycles. The average molecular weight is 321 g/mol. The van der Waals surface area contributed by atoms with Crippen LogP contribution < -0.4 is 0 Å². The highest BCUT2D eigenvalue weighted by atomic mass is 79.9. The van der Waals surface area contributed by atoms with Gasteiger partial charge in [0.05, 0.1) is 5.69 Å². The standard InChI is InChI=1S/C15H17BrN2O/c1-3-13-9-14(18(2)17-13)10-15(19)8-11-4-6-12(16)7-5-11/h4-7,9H,3,8,10H2,1-2H3. The lowest BCUT2D eigenvalue weighted by atomic mass is 10.1. The second-order valence-electron chi connectivity index (χ2n) is 4.62. The third-order valence-corrected chi connectivity index (χ3v) is 3.61. The van der Waals surface area contributed by atoms with Crippen LogP contribution in [0.5, 0.6) is 0 Å². The Morgan fingerprint density at radius 3 is 2.53 bits per heavy atom. The second kappa shape index (κ2) is 6.15. The van der Waals surface area contributed by atoms with E-state index in [9.17, 15) is 4.79 Å². The van der Waals surface area contributed by atoms with E-state index in [0.717, 1.165) is 27.8 Å². The zero-order valence-corrected chi connectivity index (χ0v) is 12.8. The molecule has 100 valence electrons. The van der Waals surface area contributed by atoms with Gasteiger partial charge in [-0.05, 0) is 30.2 Å². The van der Waals surface area contributed by atoms with Crippen molar-refractivity contribution in [2.45, 2.75) is 26.2 Å². The minimum atomic E-state index is 0.216. The highest BCUT2D eigenvalue weighted by molar-refractivity contribution is 9.10. The highest BCUT2D eigenvalue weighted by Crippen LogP contribution is 2.12. The molecule has 0 N–H and O–H groups in total. The summed E-state index contributed by atoms with van der Waals surface area (Å²) in [5, 5.41) is 4.36. The predicted molar refractivity (Wildman–Crippen MR) is 79.1 cm³/mol. The first-order valence-electron chi connectivity index (χ1n) is 6.36. The van der Waals surface area contributed by atoms with E-state index < -0.39 is 0 Å². The molecule has 0 fully saturated rings. The maximum atomic E-state index is 12.1. The zero-order chi connectivity index (χ0) is 13.8. The van der Waals surface area contributed by atoms with Gasteiger partial charge < -0.3 is 0 Å². The molecule has 0 atom stereocenters. The van der Waals surface area contributed by atoms with Crippen molar-refractivity contribution in [1.82, 2.24) is 9.78 Å². The van der Waals surface area contributed by atoms with E-state index in [1.165, 1.54) is 0 Å². The lowest BCUT2D eigenvalue weighted by molar-refractivity contribution is -0.117. The van der Waals surface area contributed by atoms with Gasteiger partial charge in [0.1, 0.15) is 5.78 Å².